The molecule has 0 radical (unpaired) electrons. The lowest BCUT2D eigenvalue weighted by atomic mass is 10.0. The first-order valence-electron chi connectivity index (χ1n) is 9.73. The summed E-state index contributed by atoms with van der Waals surface area (Å²) in [5.41, 5.74) is 2.75. The molecule has 2 aromatic carbocycles. The number of rotatable bonds is 12. The third-order valence-electron chi connectivity index (χ3n) is 4.59. The fourth-order valence-corrected chi connectivity index (χ4v) is 2.93. The summed E-state index contributed by atoms with van der Waals surface area (Å²) in [6.45, 7) is 3.03. The SMILES string of the molecule is CCCCCCCCOc1ccc(CCc2ccc(C(=O)O)cc2)cc1. The molecule has 3 nitrogen and oxygen atoms in total. The molecular formula is C23H30O3. The van der Waals surface area contributed by atoms with Gasteiger partial charge in [-0.1, -0.05) is 63.3 Å². The zero-order valence-electron chi connectivity index (χ0n) is 15.7. The standard InChI is InChI=1S/C23H30O3/c1-2-3-4-5-6-7-18-26-22-16-12-20(13-17-22)9-8-19-10-14-21(15-11-19)23(24)25/h10-17H,2-9,18H2,1H3,(H,24,25). The van der Waals surface area contributed by atoms with E-state index in [-0.39, 0.29) is 0 Å². The molecular weight excluding hydrogens is 324 g/mol. The zero-order chi connectivity index (χ0) is 18.6. The second-order valence-electron chi connectivity index (χ2n) is 6.76. The van der Waals surface area contributed by atoms with Gasteiger partial charge in [0.2, 0.25) is 0 Å². The number of benzene rings is 2. The van der Waals surface area contributed by atoms with E-state index in [9.17, 15) is 4.79 Å². The quantitative estimate of drug-likeness (QED) is 0.482. The molecule has 0 saturated carbocycles. The van der Waals surface area contributed by atoms with Gasteiger partial charge in [0.1, 0.15) is 5.75 Å². The molecule has 0 saturated heterocycles. The predicted molar refractivity (Wildman–Crippen MR) is 106 cm³/mol. The van der Waals surface area contributed by atoms with Gasteiger partial charge in [0.05, 0.1) is 12.2 Å². The van der Waals surface area contributed by atoms with Gasteiger partial charge in [0.15, 0.2) is 0 Å². The topological polar surface area (TPSA) is 46.5 Å². The van der Waals surface area contributed by atoms with E-state index in [1.54, 1.807) is 12.1 Å². The molecule has 2 rings (SSSR count). The van der Waals surface area contributed by atoms with E-state index < -0.39 is 5.97 Å². The number of ether oxygens (including phenoxy) is 1. The van der Waals surface area contributed by atoms with Crippen LogP contribution < -0.4 is 4.74 Å². The normalized spacial score (nSPS) is 10.7. The van der Waals surface area contributed by atoms with Crippen molar-refractivity contribution in [2.24, 2.45) is 0 Å². The minimum Gasteiger partial charge on any atom is -0.494 e. The molecule has 0 atom stereocenters. The van der Waals surface area contributed by atoms with Crippen molar-refractivity contribution in [3.63, 3.8) is 0 Å². The van der Waals surface area contributed by atoms with Crippen LogP contribution in [-0.4, -0.2) is 17.7 Å². The van der Waals surface area contributed by atoms with Gasteiger partial charge in [-0.3, -0.25) is 0 Å². The van der Waals surface area contributed by atoms with E-state index in [1.165, 1.54) is 37.7 Å². The number of hydrogen-bond donors (Lipinski definition) is 1. The van der Waals surface area contributed by atoms with E-state index in [2.05, 4.69) is 19.1 Å². The third kappa shape index (κ3) is 7.30. The van der Waals surface area contributed by atoms with Gasteiger partial charge in [-0.15, -0.1) is 0 Å². The molecule has 0 bridgehead atoms. The zero-order valence-corrected chi connectivity index (χ0v) is 15.7. The van der Waals surface area contributed by atoms with Gasteiger partial charge in [0.25, 0.3) is 0 Å². The Balaban J connectivity index is 1.67. The summed E-state index contributed by atoms with van der Waals surface area (Å²) < 4.78 is 5.81. The molecule has 3 heteroatoms. The van der Waals surface area contributed by atoms with Gasteiger partial charge >= 0.3 is 5.97 Å². The summed E-state index contributed by atoms with van der Waals surface area (Å²) in [7, 11) is 0. The first kappa shape index (κ1) is 20.0. The summed E-state index contributed by atoms with van der Waals surface area (Å²) in [5, 5.41) is 8.92. The lowest BCUT2D eigenvalue weighted by Crippen LogP contribution is -1.98. The Labute approximate surface area is 157 Å². The Morgan fingerprint density at radius 2 is 1.35 bits per heavy atom. The number of aromatic carboxylic acids is 1. The van der Waals surface area contributed by atoms with Crippen molar-refractivity contribution >= 4 is 5.97 Å². The highest BCUT2D eigenvalue weighted by Crippen LogP contribution is 2.15. The second-order valence-corrected chi connectivity index (χ2v) is 6.76. The Hall–Kier alpha value is -2.29. The third-order valence-corrected chi connectivity index (χ3v) is 4.59. The largest absolute Gasteiger partial charge is 0.494 e. The van der Waals surface area contributed by atoms with Crippen LogP contribution in [0.25, 0.3) is 0 Å². The Bertz CT molecular complexity index is 644. The number of aryl methyl sites for hydroxylation is 2. The second kappa shape index (κ2) is 11.3. The molecule has 0 heterocycles. The lowest BCUT2D eigenvalue weighted by molar-refractivity contribution is 0.0697. The Morgan fingerprint density at radius 1 is 0.808 bits per heavy atom. The summed E-state index contributed by atoms with van der Waals surface area (Å²) >= 11 is 0. The smallest absolute Gasteiger partial charge is 0.335 e. The summed E-state index contributed by atoms with van der Waals surface area (Å²) in [5.74, 6) is 0.0567. The Kier molecular flexibility index (Phi) is 8.74. The van der Waals surface area contributed by atoms with E-state index in [0.717, 1.165) is 37.2 Å². The van der Waals surface area contributed by atoms with Crippen molar-refractivity contribution in [1.82, 2.24) is 0 Å². The van der Waals surface area contributed by atoms with E-state index in [1.807, 2.05) is 24.3 Å². The highest BCUT2D eigenvalue weighted by Gasteiger charge is 2.02. The molecule has 0 spiro atoms. The summed E-state index contributed by atoms with van der Waals surface area (Å²) in [4.78, 5) is 10.9. The maximum atomic E-state index is 10.9. The number of hydrogen-bond acceptors (Lipinski definition) is 2. The first-order valence-corrected chi connectivity index (χ1v) is 9.73. The average Bonchev–Trinajstić information content (AvgIpc) is 2.67. The van der Waals surface area contributed by atoms with Crippen LogP contribution in [0.5, 0.6) is 5.75 Å². The fourth-order valence-electron chi connectivity index (χ4n) is 2.93. The summed E-state index contributed by atoms with van der Waals surface area (Å²) in [6, 6.07) is 15.4. The van der Waals surface area contributed by atoms with Crippen LogP contribution in [0.15, 0.2) is 48.5 Å². The van der Waals surface area contributed by atoms with Crippen molar-refractivity contribution in [2.45, 2.75) is 58.3 Å². The van der Waals surface area contributed by atoms with Crippen LogP contribution in [0.3, 0.4) is 0 Å². The maximum absolute atomic E-state index is 10.9. The molecule has 0 aliphatic carbocycles. The fraction of sp³-hybridized carbons (Fsp3) is 0.435. The van der Waals surface area contributed by atoms with Crippen LogP contribution in [0.2, 0.25) is 0 Å². The molecule has 140 valence electrons. The molecule has 1 N–H and O–H groups in total. The highest BCUT2D eigenvalue weighted by atomic mass is 16.5. The monoisotopic (exact) mass is 354 g/mol. The van der Waals surface area contributed by atoms with Gasteiger partial charge in [-0.2, -0.15) is 0 Å². The van der Waals surface area contributed by atoms with Crippen LogP contribution in [0, 0.1) is 0 Å². The van der Waals surface area contributed by atoms with Gasteiger partial charge in [0, 0.05) is 0 Å². The number of carboxylic acid groups (broad SMARTS) is 1. The van der Waals surface area contributed by atoms with Crippen LogP contribution in [0.1, 0.15) is 66.9 Å². The molecule has 26 heavy (non-hydrogen) atoms. The molecule has 0 aliphatic heterocycles. The number of carboxylic acids is 1. The van der Waals surface area contributed by atoms with Gasteiger partial charge in [-0.25, -0.2) is 4.79 Å². The minimum atomic E-state index is -0.881. The van der Waals surface area contributed by atoms with Crippen molar-refractivity contribution in [1.29, 1.82) is 0 Å². The van der Waals surface area contributed by atoms with Gasteiger partial charge in [-0.05, 0) is 54.7 Å². The predicted octanol–water partition coefficient (Wildman–Crippen LogP) is 5.91. The summed E-state index contributed by atoms with van der Waals surface area (Å²) in [6.07, 6.45) is 9.48. The number of carbonyl (C=O) groups is 1. The molecule has 2 aromatic rings. The van der Waals surface area contributed by atoms with Crippen molar-refractivity contribution in [3.8, 4) is 5.75 Å². The molecule has 0 amide bonds. The average molecular weight is 354 g/mol. The van der Waals surface area contributed by atoms with E-state index in [4.69, 9.17) is 9.84 Å². The van der Waals surface area contributed by atoms with Crippen molar-refractivity contribution in [2.75, 3.05) is 6.61 Å². The van der Waals surface area contributed by atoms with Gasteiger partial charge < -0.3 is 9.84 Å². The maximum Gasteiger partial charge on any atom is 0.335 e. The lowest BCUT2D eigenvalue weighted by Gasteiger charge is -2.08. The van der Waals surface area contributed by atoms with E-state index >= 15 is 0 Å². The molecule has 0 unspecified atom stereocenters. The van der Waals surface area contributed by atoms with Crippen molar-refractivity contribution < 1.29 is 14.6 Å². The minimum absolute atomic E-state index is 0.334. The van der Waals surface area contributed by atoms with Crippen molar-refractivity contribution in [3.05, 3.63) is 65.2 Å². The van der Waals surface area contributed by atoms with Crippen LogP contribution in [0.4, 0.5) is 0 Å². The number of unbranched alkanes of at least 4 members (excludes halogenated alkanes) is 5. The first-order chi connectivity index (χ1) is 12.7. The molecule has 0 aromatic heterocycles. The van der Waals surface area contributed by atoms with E-state index in [0.29, 0.717) is 5.56 Å². The molecule has 0 aliphatic rings. The highest BCUT2D eigenvalue weighted by molar-refractivity contribution is 5.87. The molecule has 0 fully saturated rings. The van der Waals surface area contributed by atoms with Crippen LogP contribution in [-0.2, 0) is 12.8 Å². The van der Waals surface area contributed by atoms with Crippen LogP contribution >= 0.6 is 0 Å². The Morgan fingerprint density at radius 3 is 1.92 bits per heavy atom.